The van der Waals surface area contributed by atoms with E-state index >= 15 is 0 Å². The fourth-order valence-electron chi connectivity index (χ4n) is 2.44. The first-order valence-corrected chi connectivity index (χ1v) is 10.3. The summed E-state index contributed by atoms with van der Waals surface area (Å²) in [6.07, 6.45) is 1.64. The predicted molar refractivity (Wildman–Crippen MR) is 99.9 cm³/mol. The lowest BCUT2D eigenvalue weighted by Gasteiger charge is -2.20. The number of sulfonamides is 1. The Kier molecular flexibility index (Phi) is 6.97. The first-order valence-electron chi connectivity index (χ1n) is 8.83. The molecule has 0 bridgehead atoms. The summed E-state index contributed by atoms with van der Waals surface area (Å²) in [6, 6.07) is 3.88. The lowest BCUT2D eigenvalue weighted by Crippen LogP contribution is -2.49. The van der Waals surface area contributed by atoms with Crippen molar-refractivity contribution in [1.29, 1.82) is 0 Å². The summed E-state index contributed by atoms with van der Waals surface area (Å²) < 4.78 is 32.0. The molecule has 0 aliphatic heterocycles. The highest BCUT2D eigenvalue weighted by Gasteiger charge is 2.28. The number of benzene rings is 1. The molecule has 1 fully saturated rings. The molecule has 3 N–H and O–H groups in total. The van der Waals surface area contributed by atoms with Crippen molar-refractivity contribution in [1.82, 2.24) is 20.5 Å². The van der Waals surface area contributed by atoms with Crippen molar-refractivity contribution in [2.24, 2.45) is 0 Å². The van der Waals surface area contributed by atoms with Crippen LogP contribution in [0.4, 0.5) is 0 Å². The Balaban J connectivity index is 2.15. The number of carbonyl (C=O) groups is 3. The highest BCUT2D eigenvalue weighted by atomic mass is 32.2. The van der Waals surface area contributed by atoms with Crippen LogP contribution in [0.1, 0.15) is 37.0 Å². The Bertz CT molecular complexity index is 862. The minimum Gasteiger partial charge on any atom is -0.495 e. The number of carbonyl (C=O) groups excluding carboxylic acids is 3. The van der Waals surface area contributed by atoms with Crippen molar-refractivity contribution in [3.63, 3.8) is 0 Å². The summed E-state index contributed by atoms with van der Waals surface area (Å²) in [7, 11) is -2.55. The van der Waals surface area contributed by atoms with Crippen LogP contribution in [0.3, 0.4) is 0 Å². The molecule has 0 unspecified atom stereocenters. The minimum atomic E-state index is -3.87. The summed E-state index contributed by atoms with van der Waals surface area (Å²) >= 11 is 0. The Morgan fingerprint density at radius 2 is 1.75 bits per heavy atom. The van der Waals surface area contributed by atoms with Gasteiger partial charge in [0.1, 0.15) is 10.6 Å². The number of hydrogen-bond acceptors (Lipinski definition) is 6. The van der Waals surface area contributed by atoms with E-state index in [1.54, 1.807) is 13.8 Å². The average molecular weight is 412 g/mol. The fraction of sp³-hybridized carbons (Fsp3) is 0.471. The van der Waals surface area contributed by atoms with Gasteiger partial charge in [-0.25, -0.2) is 8.42 Å². The lowest BCUT2D eigenvalue weighted by atomic mass is 10.2. The Labute approximate surface area is 163 Å². The van der Waals surface area contributed by atoms with Crippen LogP contribution >= 0.6 is 0 Å². The van der Waals surface area contributed by atoms with Gasteiger partial charge < -0.3 is 10.1 Å². The summed E-state index contributed by atoms with van der Waals surface area (Å²) in [5.41, 5.74) is 4.08. The van der Waals surface area contributed by atoms with Gasteiger partial charge in [0, 0.05) is 24.7 Å². The molecule has 0 aromatic heterocycles. The SMILES string of the molecule is CCN(CC)S(=O)(=O)c1cc(C(=O)NNC(=O)C(=O)NC2CC2)ccc1OC. The number of rotatable bonds is 7. The second-order valence-corrected chi connectivity index (χ2v) is 8.02. The largest absolute Gasteiger partial charge is 0.495 e. The van der Waals surface area contributed by atoms with E-state index in [2.05, 4.69) is 10.7 Å². The fourth-order valence-corrected chi connectivity index (χ4v) is 4.08. The smallest absolute Gasteiger partial charge is 0.327 e. The molecule has 0 saturated heterocycles. The second-order valence-electron chi connectivity index (χ2n) is 6.11. The van der Waals surface area contributed by atoms with Crippen LogP contribution in [0.5, 0.6) is 5.75 Å². The molecule has 1 aromatic carbocycles. The Hall–Kier alpha value is -2.66. The summed E-state index contributed by atoms with van der Waals surface area (Å²) in [5.74, 6) is -2.53. The average Bonchev–Trinajstić information content (AvgIpc) is 3.49. The Morgan fingerprint density at radius 3 is 2.29 bits per heavy atom. The maximum Gasteiger partial charge on any atom is 0.327 e. The molecule has 1 aliphatic carbocycles. The standard InChI is InChI=1S/C17H24N4O6S/c1-4-21(5-2)28(25,26)14-10-11(6-9-13(14)27-3)15(22)19-20-17(24)16(23)18-12-7-8-12/h6,9-10,12H,4-5,7-8H2,1-3H3,(H,18,23)(H,19,22)(H,20,24). The maximum atomic E-state index is 12.8. The number of ether oxygens (including phenoxy) is 1. The number of hydrogen-bond donors (Lipinski definition) is 3. The molecule has 28 heavy (non-hydrogen) atoms. The molecule has 154 valence electrons. The summed E-state index contributed by atoms with van der Waals surface area (Å²) in [6.45, 7) is 3.91. The van der Waals surface area contributed by atoms with Gasteiger partial charge in [0.25, 0.3) is 5.91 Å². The van der Waals surface area contributed by atoms with Crippen LogP contribution in [0.2, 0.25) is 0 Å². The van der Waals surface area contributed by atoms with Crippen LogP contribution in [0, 0.1) is 0 Å². The molecular weight excluding hydrogens is 388 g/mol. The van der Waals surface area contributed by atoms with Crippen molar-refractivity contribution >= 4 is 27.7 Å². The van der Waals surface area contributed by atoms with Gasteiger partial charge in [-0.1, -0.05) is 13.8 Å². The van der Waals surface area contributed by atoms with Gasteiger partial charge in [0.05, 0.1) is 7.11 Å². The van der Waals surface area contributed by atoms with Crippen molar-refractivity contribution < 1.29 is 27.5 Å². The molecule has 2 rings (SSSR count). The minimum absolute atomic E-state index is 0.00313. The second kappa shape index (κ2) is 9.02. The highest BCUT2D eigenvalue weighted by molar-refractivity contribution is 7.89. The van der Waals surface area contributed by atoms with E-state index in [9.17, 15) is 22.8 Å². The zero-order valence-corrected chi connectivity index (χ0v) is 16.8. The van der Waals surface area contributed by atoms with Gasteiger partial charge in [-0.2, -0.15) is 4.31 Å². The zero-order chi connectivity index (χ0) is 20.9. The van der Waals surface area contributed by atoms with Gasteiger partial charge in [-0.05, 0) is 31.0 Å². The van der Waals surface area contributed by atoms with Gasteiger partial charge in [-0.15, -0.1) is 0 Å². The van der Waals surface area contributed by atoms with Gasteiger partial charge in [-0.3, -0.25) is 25.2 Å². The molecular formula is C17H24N4O6S. The number of hydrazine groups is 1. The normalized spacial score (nSPS) is 13.7. The molecule has 1 aliphatic rings. The van der Waals surface area contributed by atoms with Crippen LogP contribution in [-0.2, 0) is 19.6 Å². The third-order valence-electron chi connectivity index (χ3n) is 4.16. The molecule has 1 saturated carbocycles. The quantitative estimate of drug-likeness (QED) is 0.418. The van der Waals surface area contributed by atoms with Crippen molar-refractivity contribution in [2.75, 3.05) is 20.2 Å². The van der Waals surface area contributed by atoms with Crippen molar-refractivity contribution in [3.05, 3.63) is 23.8 Å². The van der Waals surface area contributed by atoms with Crippen LogP contribution in [-0.4, -0.2) is 56.7 Å². The third-order valence-corrected chi connectivity index (χ3v) is 6.23. The van der Waals surface area contributed by atoms with Crippen LogP contribution < -0.4 is 20.9 Å². The molecule has 0 radical (unpaired) electrons. The number of methoxy groups -OCH3 is 1. The van der Waals surface area contributed by atoms with E-state index in [-0.39, 0.29) is 35.3 Å². The summed E-state index contributed by atoms with van der Waals surface area (Å²) in [4.78, 5) is 35.4. The van der Waals surface area contributed by atoms with Crippen LogP contribution in [0.25, 0.3) is 0 Å². The van der Waals surface area contributed by atoms with Crippen LogP contribution in [0.15, 0.2) is 23.1 Å². The molecule has 11 heteroatoms. The van der Waals surface area contributed by atoms with Gasteiger partial charge in [0.15, 0.2) is 0 Å². The van der Waals surface area contributed by atoms with E-state index in [1.165, 1.54) is 23.5 Å². The van der Waals surface area contributed by atoms with E-state index in [0.717, 1.165) is 18.9 Å². The maximum absolute atomic E-state index is 12.8. The lowest BCUT2D eigenvalue weighted by molar-refractivity contribution is -0.139. The molecule has 3 amide bonds. The molecule has 0 spiro atoms. The number of amides is 3. The monoisotopic (exact) mass is 412 g/mol. The van der Waals surface area contributed by atoms with E-state index in [0.29, 0.717) is 0 Å². The first kappa shape index (κ1) is 21.6. The molecule has 1 aromatic rings. The third kappa shape index (κ3) is 4.98. The number of nitrogens with zero attached hydrogens (tertiary/aromatic N) is 1. The van der Waals surface area contributed by atoms with E-state index < -0.39 is 27.7 Å². The predicted octanol–water partition coefficient (Wildman–Crippen LogP) is -0.235. The van der Waals surface area contributed by atoms with E-state index in [4.69, 9.17) is 4.74 Å². The summed E-state index contributed by atoms with van der Waals surface area (Å²) in [5, 5.41) is 2.48. The molecule has 0 atom stereocenters. The first-order chi connectivity index (χ1) is 13.2. The Morgan fingerprint density at radius 1 is 1.11 bits per heavy atom. The highest BCUT2D eigenvalue weighted by Crippen LogP contribution is 2.27. The molecule has 10 nitrogen and oxygen atoms in total. The van der Waals surface area contributed by atoms with Gasteiger partial charge >= 0.3 is 11.8 Å². The van der Waals surface area contributed by atoms with E-state index in [1.807, 2.05) is 5.43 Å². The van der Waals surface area contributed by atoms with Crippen molar-refractivity contribution in [3.8, 4) is 5.75 Å². The topological polar surface area (TPSA) is 134 Å². The molecule has 0 heterocycles. The number of nitrogens with one attached hydrogen (secondary N) is 3. The van der Waals surface area contributed by atoms with Crippen molar-refractivity contribution in [2.45, 2.75) is 37.6 Å². The van der Waals surface area contributed by atoms with Gasteiger partial charge in [0.2, 0.25) is 10.0 Å². The zero-order valence-electron chi connectivity index (χ0n) is 15.9.